The van der Waals surface area contributed by atoms with E-state index in [-0.39, 0.29) is 5.91 Å². The zero-order chi connectivity index (χ0) is 19.5. The molecule has 0 radical (unpaired) electrons. The van der Waals surface area contributed by atoms with Gasteiger partial charge in [0.05, 0.1) is 13.7 Å². The number of hydrogen-bond acceptors (Lipinski definition) is 6. The highest BCUT2D eigenvalue weighted by molar-refractivity contribution is 5.95. The number of nitrogens with zero attached hydrogens (tertiary/aromatic N) is 4. The predicted octanol–water partition coefficient (Wildman–Crippen LogP) is 3.68. The number of carbonyl (C=O) groups is 1. The van der Waals surface area contributed by atoms with Crippen molar-refractivity contribution in [2.45, 2.75) is 32.2 Å². The molecule has 0 bridgehead atoms. The molecule has 1 aliphatic carbocycles. The van der Waals surface area contributed by atoms with Gasteiger partial charge in [-0.1, -0.05) is 17.3 Å². The van der Waals surface area contributed by atoms with Crippen LogP contribution in [0.3, 0.4) is 0 Å². The zero-order valence-corrected chi connectivity index (χ0v) is 16.0. The van der Waals surface area contributed by atoms with Crippen molar-refractivity contribution >= 4 is 5.91 Å². The summed E-state index contributed by atoms with van der Waals surface area (Å²) < 4.78 is 10.4. The molecule has 1 fully saturated rings. The molecule has 2 heterocycles. The van der Waals surface area contributed by atoms with Gasteiger partial charge in [0.2, 0.25) is 11.8 Å². The summed E-state index contributed by atoms with van der Waals surface area (Å²) in [5, 5.41) is 4.02. The lowest BCUT2D eigenvalue weighted by atomic mass is 10.0. The first-order valence-electron chi connectivity index (χ1n) is 9.40. The van der Waals surface area contributed by atoms with Crippen molar-refractivity contribution < 1.29 is 14.1 Å². The second-order valence-electron chi connectivity index (χ2n) is 6.81. The van der Waals surface area contributed by atoms with Crippen LogP contribution in [0.1, 0.15) is 47.8 Å². The van der Waals surface area contributed by atoms with E-state index in [1.165, 1.54) is 0 Å². The molecule has 1 aromatic carbocycles. The maximum Gasteiger partial charge on any atom is 0.254 e. The third kappa shape index (κ3) is 3.88. The van der Waals surface area contributed by atoms with Crippen molar-refractivity contribution in [2.24, 2.45) is 0 Å². The molecule has 0 N–H and O–H groups in total. The first-order chi connectivity index (χ1) is 13.7. The summed E-state index contributed by atoms with van der Waals surface area (Å²) in [6.45, 7) is 2.83. The second kappa shape index (κ2) is 7.80. The van der Waals surface area contributed by atoms with Crippen LogP contribution in [0.15, 0.2) is 47.1 Å². The second-order valence-corrected chi connectivity index (χ2v) is 6.81. The normalized spacial score (nSPS) is 13.4. The van der Waals surface area contributed by atoms with Crippen molar-refractivity contribution in [1.29, 1.82) is 0 Å². The van der Waals surface area contributed by atoms with Crippen molar-refractivity contribution in [3.8, 4) is 17.0 Å². The molecule has 28 heavy (non-hydrogen) atoms. The fourth-order valence-electron chi connectivity index (χ4n) is 3.01. The van der Waals surface area contributed by atoms with Gasteiger partial charge in [-0.15, -0.1) is 0 Å². The highest BCUT2D eigenvalue weighted by atomic mass is 16.5. The molecule has 7 nitrogen and oxygen atoms in total. The van der Waals surface area contributed by atoms with E-state index in [4.69, 9.17) is 9.26 Å². The van der Waals surface area contributed by atoms with Gasteiger partial charge in [0.1, 0.15) is 0 Å². The Morgan fingerprint density at radius 3 is 2.79 bits per heavy atom. The van der Waals surface area contributed by atoms with Crippen molar-refractivity contribution in [3.05, 3.63) is 59.9 Å². The van der Waals surface area contributed by atoms with Gasteiger partial charge in [-0.2, -0.15) is 4.98 Å². The molecule has 2 aromatic heterocycles. The first kappa shape index (κ1) is 18.2. The molecule has 0 atom stereocenters. The van der Waals surface area contributed by atoms with Gasteiger partial charge in [0.25, 0.3) is 5.91 Å². The van der Waals surface area contributed by atoms with Crippen molar-refractivity contribution in [1.82, 2.24) is 20.0 Å². The number of ether oxygens (including phenoxy) is 1. The molecule has 0 saturated heterocycles. The van der Waals surface area contributed by atoms with Crippen LogP contribution in [0.4, 0.5) is 0 Å². The number of aromatic nitrogens is 3. The minimum Gasteiger partial charge on any atom is -0.481 e. The topological polar surface area (TPSA) is 81.4 Å². The van der Waals surface area contributed by atoms with Crippen LogP contribution < -0.4 is 4.74 Å². The SMILES string of the molecule is CCN(Cc1noc(C2CC2)n1)C(=O)c1cccc(-c2ccc(OC)nc2)c1. The first-order valence-corrected chi connectivity index (χ1v) is 9.40. The van der Waals surface area contributed by atoms with Crippen molar-refractivity contribution in [2.75, 3.05) is 13.7 Å². The minimum atomic E-state index is -0.0661. The lowest BCUT2D eigenvalue weighted by Gasteiger charge is -2.19. The molecule has 1 amide bonds. The highest BCUT2D eigenvalue weighted by Crippen LogP contribution is 2.38. The van der Waals surface area contributed by atoms with Crippen LogP contribution in [0.2, 0.25) is 0 Å². The molecular weight excluding hydrogens is 356 g/mol. The van der Waals surface area contributed by atoms with Crippen LogP contribution in [0.25, 0.3) is 11.1 Å². The molecule has 144 valence electrons. The number of carbonyl (C=O) groups excluding carboxylic acids is 1. The zero-order valence-electron chi connectivity index (χ0n) is 16.0. The predicted molar refractivity (Wildman–Crippen MR) is 103 cm³/mol. The van der Waals surface area contributed by atoms with E-state index in [1.807, 2.05) is 37.3 Å². The van der Waals surface area contributed by atoms with Crippen LogP contribution in [-0.4, -0.2) is 39.6 Å². The number of methoxy groups -OCH3 is 1. The Balaban J connectivity index is 1.51. The standard InChI is InChI=1S/C21H22N4O3/c1-3-25(13-18-23-20(28-24-18)14-7-8-14)21(26)16-6-4-5-15(11-16)17-9-10-19(27-2)22-12-17/h4-6,9-12,14H,3,7-8,13H2,1-2H3. The quantitative estimate of drug-likeness (QED) is 0.624. The molecule has 0 unspecified atom stereocenters. The van der Waals surface area contributed by atoms with Crippen LogP contribution >= 0.6 is 0 Å². The average Bonchev–Trinajstić information content (AvgIpc) is 3.50. The molecule has 0 aliphatic heterocycles. The Morgan fingerprint density at radius 2 is 2.11 bits per heavy atom. The van der Waals surface area contributed by atoms with Crippen LogP contribution in [0, 0.1) is 0 Å². The molecule has 4 rings (SSSR count). The molecule has 1 saturated carbocycles. The number of hydrogen-bond donors (Lipinski definition) is 0. The summed E-state index contributed by atoms with van der Waals surface area (Å²) in [5.74, 6) is 2.13. The molecule has 3 aromatic rings. The number of pyridine rings is 1. The van der Waals surface area contributed by atoms with E-state index in [0.717, 1.165) is 24.0 Å². The summed E-state index contributed by atoms with van der Waals surface area (Å²) in [6, 6.07) is 11.2. The number of rotatable bonds is 7. The Hall–Kier alpha value is -3.22. The summed E-state index contributed by atoms with van der Waals surface area (Å²) in [5.41, 5.74) is 2.46. The number of benzene rings is 1. The third-order valence-corrected chi connectivity index (χ3v) is 4.80. The number of amides is 1. The molecule has 1 aliphatic rings. The highest BCUT2D eigenvalue weighted by Gasteiger charge is 2.30. The summed E-state index contributed by atoms with van der Waals surface area (Å²) in [4.78, 5) is 23.4. The Kier molecular flexibility index (Phi) is 5.06. The maximum absolute atomic E-state index is 13.0. The van der Waals surface area contributed by atoms with Gasteiger partial charge in [0, 0.05) is 35.9 Å². The lowest BCUT2D eigenvalue weighted by Crippen LogP contribution is -2.30. The summed E-state index contributed by atoms with van der Waals surface area (Å²) >= 11 is 0. The maximum atomic E-state index is 13.0. The van der Waals surface area contributed by atoms with Gasteiger partial charge in [-0.3, -0.25) is 4.79 Å². The van der Waals surface area contributed by atoms with Crippen LogP contribution in [-0.2, 0) is 6.54 Å². The van der Waals surface area contributed by atoms with Crippen molar-refractivity contribution in [3.63, 3.8) is 0 Å². The van der Waals surface area contributed by atoms with E-state index in [9.17, 15) is 4.79 Å². The molecular formula is C21H22N4O3. The average molecular weight is 378 g/mol. The summed E-state index contributed by atoms with van der Waals surface area (Å²) in [7, 11) is 1.58. The fraction of sp³-hybridized carbons (Fsp3) is 0.333. The van der Waals surface area contributed by atoms with E-state index in [1.54, 1.807) is 24.3 Å². The minimum absolute atomic E-state index is 0.0661. The largest absolute Gasteiger partial charge is 0.481 e. The Morgan fingerprint density at radius 1 is 1.25 bits per heavy atom. The Labute approximate surface area is 163 Å². The van der Waals surface area contributed by atoms with E-state index in [0.29, 0.717) is 42.2 Å². The Bertz CT molecular complexity index is 964. The molecule has 0 spiro atoms. The van der Waals surface area contributed by atoms with E-state index >= 15 is 0 Å². The van der Waals surface area contributed by atoms with Gasteiger partial charge < -0.3 is 14.2 Å². The van der Waals surface area contributed by atoms with Gasteiger partial charge in [0.15, 0.2) is 5.82 Å². The summed E-state index contributed by atoms with van der Waals surface area (Å²) in [6.07, 6.45) is 3.94. The van der Waals surface area contributed by atoms with Gasteiger partial charge in [-0.25, -0.2) is 4.98 Å². The van der Waals surface area contributed by atoms with E-state index in [2.05, 4.69) is 15.1 Å². The van der Waals surface area contributed by atoms with Gasteiger partial charge in [-0.05, 0) is 43.5 Å². The monoisotopic (exact) mass is 378 g/mol. The fourth-order valence-corrected chi connectivity index (χ4v) is 3.01. The van der Waals surface area contributed by atoms with E-state index < -0.39 is 0 Å². The smallest absolute Gasteiger partial charge is 0.254 e. The van der Waals surface area contributed by atoms with Gasteiger partial charge >= 0.3 is 0 Å². The molecule has 7 heteroatoms. The van der Waals surface area contributed by atoms with Crippen LogP contribution in [0.5, 0.6) is 5.88 Å². The lowest BCUT2D eigenvalue weighted by molar-refractivity contribution is 0.0747. The third-order valence-electron chi connectivity index (χ3n) is 4.80.